The van der Waals surface area contributed by atoms with Gasteiger partial charge in [-0.25, -0.2) is 19.9 Å². The van der Waals surface area contributed by atoms with Crippen LogP contribution in [0.2, 0.25) is 0 Å². The van der Waals surface area contributed by atoms with E-state index in [0.29, 0.717) is 36.3 Å². The summed E-state index contributed by atoms with van der Waals surface area (Å²) in [5, 5.41) is 14.0. The lowest BCUT2D eigenvalue weighted by Gasteiger charge is -2.30. The largest absolute Gasteiger partial charge is 0.365 e. The smallest absolute Gasteiger partial charge is 0.226 e. The average molecular weight is 597 g/mol. The summed E-state index contributed by atoms with van der Waals surface area (Å²) >= 11 is 0. The summed E-state index contributed by atoms with van der Waals surface area (Å²) < 4.78 is 3.89. The first-order valence-corrected chi connectivity index (χ1v) is 14.9. The second-order valence-corrected chi connectivity index (χ2v) is 11.2. The third kappa shape index (κ3) is 6.23. The van der Waals surface area contributed by atoms with Crippen LogP contribution in [0.25, 0.3) is 22.3 Å². The average Bonchev–Trinajstić information content (AvgIpc) is 3.83. The fraction of sp³-hybridized carbons (Fsp3) is 0.429. The molecule has 0 aromatic carbocycles. The standard InChI is InChI=1S/C28H36N16/c1-43-11-19(35-15-43)7-9-29-27-39-23-21(31-13-33-23)25(41-27)37-17-3-5-18(6-4-17)38-26-22-24(34-14-32-22)40-28(42-26)30-10-8-20-12-44(2)16-36-20/h11-18H,3-10H2,1-2H3,(H3,29,31,33,37,39,41)(H3,30,32,34,38,40,42)/t17-,18-. The molecule has 16 heteroatoms. The maximum atomic E-state index is 4.78. The van der Waals surface area contributed by atoms with Crippen molar-refractivity contribution in [2.24, 2.45) is 14.1 Å². The zero-order chi connectivity index (χ0) is 29.9. The predicted molar refractivity (Wildman–Crippen MR) is 167 cm³/mol. The van der Waals surface area contributed by atoms with Crippen LogP contribution in [0.1, 0.15) is 37.1 Å². The van der Waals surface area contributed by atoms with Crippen LogP contribution in [-0.2, 0) is 26.9 Å². The molecule has 6 aromatic heterocycles. The number of rotatable bonds is 12. The highest BCUT2D eigenvalue weighted by atomic mass is 15.2. The molecule has 6 N–H and O–H groups in total. The van der Waals surface area contributed by atoms with Gasteiger partial charge in [-0.05, 0) is 25.7 Å². The van der Waals surface area contributed by atoms with E-state index in [4.69, 9.17) is 9.97 Å². The Labute approximate surface area is 253 Å². The second kappa shape index (κ2) is 12.1. The summed E-state index contributed by atoms with van der Waals surface area (Å²) in [6.45, 7) is 1.36. The molecule has 0 unspecified atom stereocenters. The van der Waals surface area contributed by atoms with Gasteiger partial charge in [0.2, 0.25) is 11.9 Å². The van der Waals surface area contributed by atoms with Gasteiger partial charge in [-0.3, -0.25) is 0 Å². The van der Waals surface area contributed by atoms with Gasteiger partial charge in [0.25, 0.3) is 0 Å². The number of nitrogens with zero attached hydrogens (tertiary/aromatic N) is 10. The topological polar surface area (TPSA) is 193 Å². The minimum absolute atomic E-state index is 0.267. The van der Waals surface area contributed by atoms with Crippen molar-refractivity contribution in [2.75, 3.05) is 34.4 Å². The number of imidazole rings is 4. The molecular weight excluding hydrogens is 560 g/mol. The maximum Gasteiger partial charge on any atom is 0.226 e. The molecule has 1 aliphatic carbocycles. The highest BCUT2D eigenvalue weighted by Gasteiger charge is 2.24. The van der Waals surface area contributed by atoms with Gasteiger partial charge in [-0.2, -0.15) is 19.9 Å². The van der Waals surface area contributed by atoms with Crippen LogP contribution < -0.4 is 21.3 Å². The van der Waals surface area contributed by atoms with Crippen molar-refractivity contribution in [3.8, 4) is 0 Å². The van der Waals surface area contributed by atoms with Gasteiger partial charge in [0, 0.05) is 64.5 Å². The van der Waals surface area contributed by atoms with E-state index in [9.17, 15) is 0 Å². The number of fused-ring (bicyclic) bond motifs is 2. The fourth-order valence-corrected chi connectivity index (χ4v) is 5.60. The molecule has 0 radical (unpaired) electrons. The molecule has 6 aromatic rings. The third-order valence-electron chi connectivity index (χ3n) is 7.81. The van der Waals surface area contributed by atoms with E-state index in [1.54, 1.807) is 25.3 Å². The Kier molecular flexibility index (Phi) is 7.60. The van der Waals surface area contributed by atoms with Gasteiger partial charge in [-0.1, -0.05) is 0 Å². The molecule has 0 amide bonds. The van der Waals surface area contributed by atoms with E-state index in [1.807, 2.05) is 35.6 Å². The van der Waals surface area contributed by atoms with Gasteiger partial charge in [0.15, 0.2) is 22.9 Å². The van der Waals surface area contributed by atoms with Crippen molar-refractivity contribution in [1.82, 2.24) is 59.0 Å². The summed E-state index contributed by atoms with van der Waals surface area (Å²) in [4.78, 5) is 42.7. The molecule has 6 heterocycles. The molecule has 44 heavy (non-hydrogen) atoms. The number of aryl methyl sites for hydroxylation is 2. The highest BCUT2D eigenvalue weighted by molar-refractivity contribution is 5.84. The van der Waals surface area contributed by atoms with E-state index in [-0.39, 0.29) is 12.1 Å². The number of hydrogen-bond acceptors (Lipinski definition) is 12. The Morgan fingerprint density at radius 3 is 1.52 bits per heavy atom. The lowest BCUT2D eigenvalue weighted by atomic mass is 9.91. The van der Waals surface area contributed by atoms with E-state index >= 15 is 0 Å². The Morgan fingerprint density at radius 2 is 1.11 bits per heavy atom. The van der Waals surface area contributed by atoms with Gasteiger partial charge < -0.3 is 40.4 Å². The lowest BCUT2D eigenvalue weighted by Crippen LogP contribution is -2.33. The number of anilines is 4. The van der Waals surface area contributed by atoms with Crippen molar-refractivity contribution < 1.29 is 0 Å². The molecule has 0 spiro atoms. The molecule has 16 nitrogen and oxygen atoms in total. The summed E-state index contributed by atoms with van der Waals surface area (Å²) in [6.07, 6.45) is 16.4. The lowest BCUT2D eigenvalue weighted by molar-refractivity contribution is 0.428. The summed E-state index contributed by atoms with van der Waals surface area (Å²) in [5.74, 6) is 2.60. The van der Waals surface area contributed by atoms with Gasteiger partial charge in [-0.15, -0.1) is 0 Å². The van der Waals surface area contributed by atoms with Crippen LogP contribution in [0.4, 0.5) is 23.5 Å². The van der Waals surface area contributed by atoms with Crippen LogP contribution >= 0.6 is 0 Å². The van der Waals surface area contributed by atoms with Crippen molar-refractivity contribution in [3.63, 3.8) is 0 Å². The zero-order valence-electron chi connectivity index (χ0n) is 24.7. The first kappa shape index (κ1) is 27.5. The van der Waals surface area contributed by atoms with Crippen LogP contribution in [-0.4, -0.2) is 84.1 Å². The highest BCUT2D eigenvalue weighted by Crippen LogP contribution is 2.28. The molecule has 0 atom stereocenters. The summed E-state index contributed by atoms with van der Waals surface area (Å²) in [5.41, 5.74) is 4.93. The van der Waals surface area contributed by atoms with Crippen molar-refractivity contribution in [2.45, 2.75) is 50.6 Å². The molecule has 228 valence electrons. The van der Waals surface area contributed by atoms with Gasteiger partial charge >= 0.3 is 0 Å². The molecule has 0 bridgehead atoms. The minimum Gasteiger partial charge on any atom is -0.365 e. The third-order valence-corrected chi connectivity index (χ3v) is 7.81. The molecule has 0 saturated heterocycles. The Bertz CT molecular complexity index is 1700. The molecule has 0 aliphatic heterocycles. The molecule has 1 aliphatic rings. The Hall–Kier alpha value is -5.28. The van der Waals surface area contributed by atoms with Crippen LogP contribution in [0.5, 0.6) is 0 Å². The van der Waals surface area contributed by atoms with Crippen molar-refractivity contribution in [1.29, 1.82) is 0 Å². The first-order chi connectivity index (χ1) is 21.6. The minimum atomic E-state index is 0.267. The van der Waals surface area contributed by atoms with E-state index in [2.05, 4.69) is 61.1 Å². The van der Waals surface area contributed by atoms with Gasteiger partial charge in [0.1, 0.15) is 11.0 Å². The van der Waals surface area contributed by atoms with E-state index < -0.39 is 0 Å². The number of hydrogen-bond donors (Lipinski definition) is 6. The van der Waals surface area contributed by atoms with Crippen molar-refractivity contribution >= 4 is 45.9 Å². The fourth-order valence-electron chi connectivity index (χ4n) is 5.60. The van der Waals surface area contributed by atoms with Crippen LogP contribution in [0, 0.1) is 0 Å². The Balaban J connectivity index is 0.957. The normalized spacial score (nSPS) is 16.9. The Morgan fingerprint density at radius 1 is 0.659 bits per heavy atom. The predicted octanol–water partition coefficient (Wildman–Crippen LogP) is 2.63. The van der Waals surface area contributed by atoms with Crippen LogP contribution in [0.3, 0.4) is 0 Å². The zero-order valence-corrected chi connectivity index (χ0v) is 24.7. The number of aromatic amines is 2. The summed E-state index contributed by atoms with van der Waals surface area (Å²) in [6, 6.07) is 0.535. The summed E-state index contributed by atoms with van der Waals surface area (Å²) in [7, 11) is 3.94. The monoisotopic (exact) mass is 596 g/mol. The molecule has 7 rings (SSSR count). The molecular formula is C28H36N16. The molecule has 1 fully saturated rings. The quantitative estimate of drug-likeness (QED) is 0.121. The second-order valence-electron chi connectivity index (χ2n) is 11.2. The number of aromatic nitrogens is 12. The number of nitrogens with one attached hydrogen (secondary N) is 6. The first-order valence-electron chi connectivity index (χ1n) is 14.9. The maximum absolute atomic E-state index is 4.78. The van der Waals surface area contributed by atoms with Crippen molar-refractivity contribution in [3.05, 3.63) is 49.1 Å². The van der Waals surface area contributed by atoms with Crippen LogP contribution in [0.15, 0.2) is 37.7 Å². The van der Waals surface area contributed by atoms with E-state index in [0.717, 1.165) is 72.6 Å². The number of H-pyrrole nitrogens is 2. The van der Waals surface area contributed by atoms with E-state index in [1.165, 1.54) is 0 Å². The molecule has 1 saturated carbocycles. The van der Waals surface area contributed by atoms with Gasteiger partial charge in [0.05, 0.1) is 36.7 Å². The SMILES string of the molecule is Cn1cnc(CCNc2nc(N[C@H]3CC[C@H](Nc4nc(NCCc5cn(C)cn5)nc5[nH]cnc45)CC3)c3nc[nH]c3n2)c1.